The van der Waals surface area contributed by atoms with E-state index in [0.717, 1.165) is 24.8 Å². The molecule has 2 aliphatic rings. The van der Waals surface area contributed by atoms with Crippen LogP contribution in [0.15, 0.2) is 60.7 Å². The summed E-state index contributed by atoms with van der Waals surface area (Å²) in [4.78, 5) is 14.8. The molecule has 0 aliphatic carbocycles. The van der Waals surface area contributed by atoms with E-state index in [1.165, 1.54) is 23.1 Å². The molecule has 0 N–H and O–H groups in total. The number of hydrogen-bond acceptors (Lipinski definition) is 2. The molecule has 3 heteroatoms. The Bertz CT molecular complexity index is 856. The quantitative estimate of drug-likeness (QED) is 0.641. The van der Waals surface area contributed by atoms with Gasteiger partial charge in [0.1, 0.15) is 6.61 Å². The molecule has 1 saturated heterocycles. The molecule has 2 unspecified atom stereocenters. The van der Waals surface area contributed by atoms with E-state index in [2.05, 4.69) is 44.2 Å². The SMILES string of the molecule is CC(C)c1cccc(C2=CC3CCCC(C2)N3C(=O)OCc2ccccc2)c1. The summed E-state index contributed by atoms with van der Waals surface area (Å²) in [5.41, 5.74) is 5.08. The predicted octanol–water partition coefficient (Wildman–Crippen LogP) is 6.16. The highest BCUT2D eigenvalue weighted by Crippen LogP contribution is 2.38. The third-order valence-corrected chi connectivity index (χ3v) is 5.98. The zero-order chi connectivity index (χ0) is 19.5. The summed E-state index contributed by atoms with van der Waals surface area (Å²) in [5.74, 6) is 0.521. The number of piperidine rings is 1. The standard InChI is InChI=1S/C25H29NO2/c1-18(2)20-10-6-11-21(14-20)22-15-23-12-7-13-24(16-22)26(23)25(27)28-17-19-8-4-3-5-9-19/h3-6,8-11,14-15,18,23-24H,7,12-13,16-17H2,1-2H3. The number of amides is 1. The zero-order valence-corrected chi connectivity index (χ0v) is 16.8. The van der Waals surface area contributed by atoms with E-state index in [1.807, 2.05) is 35.2 Å². The summed E-state index contributed by atoms with van der Waals surface area (Å²) < 4.78 is 5.65. The second kappa shape index (κ2) is 8.22. The predicted molar refractivity (Wildman–Crippen MR) is 113 cm³/mol. The maximum Gasteiger partial charge on any atom is 0.410 e. The lowest BCUT2D eigenvalue weighted by atomic mass is 9.82. The topological polar surface area (TPSA) is 29.5 Å². The van der Waals surface area contributed by atoms with Crippen molar-refractivity contribution in [1.29, 1.82) is 0 Å². The van der Waals surface area contributed by atoms with Crippen molar-refractivity contribution in [3.8, 4) is 0 Å². The molecule has 2 aromatic rings. The minimum absolute atomic E-state index is 0.147. The van der Waals surface area contributed by atoms with Crippen LogP contribution in [0.2, 0.25) is 0 Å². The first-order chi connectivity index (χ1) is 13.6. The average Bonchev–Trinajstić information content (AvgIpc) is 2.72. The van der Waals surface area contributed by atoms with E-state index in [1.54, 1.807) is 0 Å². The van der Waals surface area contributed by atoms with Crippen molar-refractivity contribution in [2.45, 2.75) is 64.1 Å². The number of nitrogens with zero attached hydrogens (tertiary/aromatic N) is 1. The van der Waals surface area contributed by atoms with Crippen LogP contribution in [0.4, 0.5) is 4.79 Å². The lowest BCUT2D eigenvalue weighted by molar-refractivity contribution is 0.0510. The number of carbonyl (C=O) groups excluding carboxylic acids is 1. The van der Waals surface area contributed by atoms with Crippen LogP contribution in [0.3, 0.4) is 0 Å². The summed E-state index contributed by atoms with van der Waals surface area (Å²) >= 11 is 0. The van der Waals surface area contributed by atoms with Crippen LogP contribution < -0.4 is 0 Å². The smallest absolute Gasteiger partial charge is 0.410 e. The molecule has 1 fully saturated rings. The van der Waals surface area contributed by atoms with Crippen LogP contribution in [0.25, 0.3) is 5.57 Å². The summed E-state index contributed by atoms with van der Waals surface area (Å²) in [6.45, 7) is 4.80. The molecule has 0 saturated carbocycles. The Morgan fingerprint density at radius 3 is 2.68 bits per heavy atom. The molecule has 0 spiro atoms. The summed E-state index contributed by atoms with van der Waals surface area (Å²) in [7, 11) is 0. The minimum atomic E-state index is -0.176. The molecule has 2 heterocycles. The Morgan fingerprint density at radius 2 is 1.93 bits per heavy atom. The molecular weight excluding hydrogens is 346 g/mol. The molecule has 4 rings (SSSR count). The average molecular weight is 376 g/mol. The second-order valence-electron chi connectivity index (χ2n) is 8.28. The van der Waals surface area contributed by atoms with Crippen molar-refractivity contribution in [3.05, 3.63) is 77.4 Å². The van der Waals surface area contributed by atoms with Crippen molar-refractivity contribution < 1.29 is 9.53 Å². The van der Waals surface area contributed by atoms with E-state index in [4.69, 9.17) is 4.74 Å². The van der Waals surface area contributed by atoms with Gasteiger partial charge in [0.05, 0.1) is 6.04 Å². The van der Waals surface area contributed by atoms with E-state index >= 15 is 0 Å². The molecular formula is C25H29NO2. The van der Waals surface area contributed by atoms with Crippen molar-refractivity contribution in [2.24, 2.45) is 0 Å². The van der Waals surface area contributed by atoms with Crippen molar-refractivity contribution in [2.75, 3.05) is 0 Å². The van der Waals surface area contributed by atoms with Gasteiger partial charge in [-0.3, -0.25) is 4.90 Å². The van der Waals surface area contributed by atoms with Gasteiger partial charge in [0.15, 0.2) is 0 Å². The molecule has 0 radical (unpaired) electrons. The molecule has 2 aromatic carbocycles. The zero-order valence-electron chi connectivity index (χ0n) is 16.8. The van der Waals surface area contributed by atoms with Crippen molar-refractivity contribution in [1.82, 2.24) is 4.90 Å². The summed E-state index contributed by atoms with van der Waals surface area (Å²) in [6.07, 6.45) is 6.29. The third kappa shape index (κ3) is 3.99. The lowest BCUT2D eigenvalue weighted by Gasteiger charge is -2.44. The van der Waals surface area contributed by atoms with Gasteiger partial charge < -0.3 is 4.74 Å². The highest BCUT2D eigenvalue weighted by molar-refractivity contribution is 5.74. The first kappa shape index (κ1) is 18.8. The molecule has 146 valence electrons. The number of ether oxygens (including phenoxy) is 1. The number of rotatable bonds is 4. The maximum atomic E-state index is 12.8. The van der Waals surface area contributed by atoms with Crippen molar-refractivity contribution in [3.63, 3.8) is 0 Å². The largest absolute Gasteiger partial charge is 0.445 e. The molecule has 2 aliphatic heterocycles. The second-order valence-corrected chi connectivity index (χ2v) is 8.28. The Hall–Kier alpha value is -2.55. The summed E-state index contributed by atoms with van der Waals surface area (Å²) in [6, 6.07) is 19.2. The normalized spacial score (nSPS) is 21.4. The number of benzene rings is 2. The maximum absolute atomic E-state index is 12.8. The van der Waals surface area contributed by atoms with Crippen LogP contribution in [0.1, 0.15) is 62.1 Å². The third-order valence-electron chi connectivity index (χ3n) is 5.98. The first-order valence-corrected chi connectivity index (χ1v) is 10.4. The Labute approximate surface area is 168 Å². The molecule has 2 bridgehead atoms. The Morgan fingerprint density at radius 1 is 1.11 bits per heavy atom. The number of hydrogen-bond donors (Lipinski definition) is 0. The molecule has 1 amide bonds. The highest BCUT2D eigenvalue weighted by Gasteiger charge is 2.38. The van der Waals surface area contributed by atoms with Gasteiger partial charge in [0, 0.05) is 6.04 Å². The molecule has 28 heavy (non-hydrogen) atoms. The minimum Gasteiger partial charge on any atom is -0.445 e. The molecule has 0 aromatic heterocycles. The summed E-state index contributed by atoms with van der Waals surface area (Å²) in [5, 5.41) is 0. The van der Waals surface area contributed by atoms with Gasteiger partial charge in [-0.05, 0) is 53.9 Å². The van der Waals surface area contributed by atoms with E-state index in [-0.39, 0.29) is 18.2 Å². The van der Waals surface area contributed by atoms with Gasteiger partial charge in [0.2, 0.25) is 0 Å². The molecule has 3 nitrogen and oxygen atoms in total. The fourth-order valence-corrected chi connectivity index (χ4v) is 4.42. The van der Waals surface area contributed by atoms with E-state index < -0.39 is 0 Å². The van der Waals surface area contributed by atoms with Gasteiger partial charge in [-0.2, -0.15) is 0 Å². The highest BCUT2D eigenvalue weighted by atomic mass is 16.6. The monoisotopic (exact) mass is 375 g/mol. The fourth-order valence-electron chi connectivity index (χ4n) is 4.42. The lowest BCUT2D eigenvalue weighted by Crippen LogP contribution is -2.51. The van der Waals surface area contributed by atoms with Gasteiger partial charge in [-0.25, -0.2) is 4.79 Å². The van der Waals surface area contributed by atoms with Crippen LogP contribution in [-0.2, 0) is 11.3 Å². The number of fused-ring (bicyclic) bond motifs is 2. The van der Waals surface area contributed by atoms with E-state index in [9.17, 15) is 4.79 Å². The van der Waals surface area contributed by atoms with Crippen LogP contribution in [0, 0.1) is 0 Å². The number of carbonyl (C=O) groups is 1. The van der Waals surface area contributed by atoms with Crippen LogP contribution in [-0.4, -0.2) is 23.1 Å². The van der Waals surface area contributed by atoms with Gasteiger partial charge in [0.25, 0.3) is 0 Å². The Kier molecular flexibility index (Phi) is 5.52. The fraction of sp³-hybridized carbons (Fsp3) is 0.400. The Balaban J connectivity index is 1.51. The van der Waals surface area contributed by atoms with Crippen LogP contribution >= 0.6 is 0 Å². The first-order valence-electron chi connectivity index (χ1n) is 10.4. The van der Waals surface area contributed by atoms with Gasteiger partial charge in [-0.15, -0.1) is 0 Å². The van der Waals surface area contributed by atoms with Gasteiger partial charge >= 0.3 is 6.09 Å². The van der Waals surface area contributed by atoms with Crippen LogP contribution in [0.5, 0.6) is 0 Å². The molecule has 2 atom stereocenters. The van der Waals surface area contributed by atoms with E-state index in [0.29, 0.717) is 12.5 Å². The van der Waals surface area contributed by atoms with Gasteiger partial charge in [-0.1, -0.05) is 74.5 Å². The van der Waals surface area contributed by atoms with Crippen molar-refractivity contribution >= 4 is 11.7 Å².